The van der Waals surface area contributed by atoms with Gasteiger partial charge in [0.15, 0.2) is 0 Å². The van der Waals surface area contributed by atoms with Gasteiger partial charge in [0.2, 0.25) is 0 Å². The molecule has 0 heterocycles. The van der Waals surface area contributed by atoms with E-state index in [-0.39, 0.29) is 46.1 Å². The van der Waals surface area contributed by atoms with Crippen LogP contribution in [0.3, 0.4) is 0 Å². The van der Waals surface area contributed by atoms with Gasteiger partial charge in [0.1, 0.15) is 0 Å². The van der Waals surface area contributed by atoms with E-state index in [9.17, 15) is 0 Å². The van der Waals surface area contributed by atoms with Crippen molar-refractivity contribution in [1.29, 1.82) is 0 Å². The summed E-state index contributed by atoms with van der Waals surface area (Å²) < 4.78 is 0. The third-order valence-corrected chi connectivity index (χ3v) is 0. The second kappa shape index (κ2) is 9.73. The topological polar surface area (TPSA) is 92.2 Å². The fourth-order valence-corrected chi connectivity index (χ4v) is 0. The number of rotatable bonds is 0. The normalized spacial score (nSPS) is 6.00. The van der Waals surface area contributed by atoms with Crippen LogP contribution in [0.25, 0.3) is 0 Å². The van der Waals surface area contributed by atoms with Crippen LogP contribution >= 0.6 is 8.60 Å². The largest absolute Gasteiger partial charge is 2.00 e. The van der Waals surface area contributed by atoms with E-state index in [0.29, 0.717) is 0 Å². The van der Waals surface area contributed by atoms with Crippen LogP contribution in [0.15, 0.2) is 0 Å². The summed E-state index contributed by atoms with van der Waals surface area (Å²) in [6.07, 6.45) is 0. The van der Waals surface area contributed by atoms with Gasteiger partial charge in [-0.3, -0.25) is 0 Å². The van der Waals surface area contributed by atoms with E-state index in [4.69, 9.17) is 14.7 Å². The summed E-state index contributed by atoms with van der Waals surface area (Å²) in [4.78, 5) is 21.7. The van der Waals surface area contributed by atoms with Crippen LogP contribution in [0.4, 0.5) is 0 Å². The molecule has 0 unspecified atom stereocenters. The van der Waals surface area contributed by atoms with Crippen molar-refractivity contribution in [3.05, 3.63) is 0 Å². The summed E-state index contributed by atoms with van der Waals surface area (Å²) in [5.74, 6) is 0. The first-order chi connectivity index (χ1) is 1.73. The molecule has 0 atom stereocenters. The van der Waals surface area contributed by atoms with E-state index >= 15 is 0 Å². The first-order valence-corrected chi connectivity index (χ1v) is 1.80. The van der Waals surface area contributed by atoms with E-state index in [1.165, 1.54) is 0 Å². The van der Waals surface area contributed by atoms with E-state index in [1.807, 2.05) is 0 Å². The van der Waals surface area contributed by atoms with Crippen LogP contribution in [0, 0.1) is 0 Å². The number of hydrogen-bond donors (Lipinski definition) is 3. The van der Waals surface area contributed by atoms with Crippen molar-refractivity contribution < 1.29 is 23.0 Å². The summed E-state index contributed by atoms with van der Waals surface area (Å²) in [7, 11) is -2.62. The molecule has 0 aromatic rings. The maximum Gasteiger partial charge on any atom is 2.00 e. The monoisotopic (exact) mass is 142 g/mol. The Hall–Kier alpha value is 1.53. The molecule has 0 radical (unpaired) electrons. The molecule has 0 aliphatic carbocycles. The van der Waals surface area contributed by atoms with Crippen molar-refractivity contribution in [3.8, 4) is 0 Å². The molecule has 0 saturated carbocycles. The summed E-state index contributed by atoms with van der Waals surface area (Å²) in [6.45, 7) is 0. The van der Waals surface area contributed by atoms with Gasteiger partial charge in [0.25, 0.3) is 0 Å². The predicted octanol–water partition coefficient (Wildman–Crippen LogP) is -1.79. The third kappa shape index (κ3) is 48.5. The molecule has 5 N–H and O–H groups in total. The Morgan fingerprint density at radius 3 is 1.17 bits per heavy atom. The maximum absolute atomic E-state index is 7.23. The van der Waals surface area contributed by atoms with E-state index in [1.54, 1.807) is 0 Å². The average molecular weight is 142 g/mol. The Labute approximate surface area is 69.1 Å². The van der Waals surface area contributed by atoms with Gasteiger partial charge in [-0.25, -0.2) is 0 Å². The van der Waals surface area contributed by atoms with Gasteiger partial charge in [-0.1, -0.05) is 0 Å². The van der Waals surface area contributed by atoms with Gasteiger partial charge in [0.05, 0.1) is 0 Å². The molecule has 0 aromatic heterocycles. The molecule has 0 amide bonds. The fraction of sp³-hybridized carbons (Fsp3) is 0. The Balaban J connectivity index is -0.00000000750. The zero-order valence-corrected chi connectivity index (χ0v) is 6.10. The smallest absolute Gasteiger partial charge is 1.00 e. The summed E-state index contributed by atoms with van der Waals surface area (Å²) in [6, 6.07) is 0. The van der Waals surface area contributed by atoms with Crippen LogP contribution < -0.4 is 0 Å². The minimum atomic E-state index is -2.62. The van der Waals surface area contributed by atoms with Gasteiger partial charge in [-0.15, -0.1) is 0 Å². The van der Waals surface area contributed by atoms with Gasteiger partial charge < -0.3 is 23.0 Å². The quantitative estimate of drug-likeness (QED) is 0.275. The molecule has 6 heteroatoms. The Morgan fingerprint density at radius 2 is 1.17 bits per heavy atom. The van der Waals surface area contributed by atoms with Crippen molar-refractivity contribution in [3.63, 3.8) is 0 Å². The first-order valence-electron chi connectivity index (χ1n) is 0.600. The van der Waals surface area contributed by atoms with Crippen molar-refractivity contribution in [2.24, 2.45) is 0 Å². The van der Waals surface area contributed by atoms with Gasteiger partial charge in [-0.2, -0.15) is 0 Å². The molecule has 38 valence electrons. The molecular weight excluding hydrogens is 135 g/mol. The zero-order chi connectivity index (χ0) is 3.58. The molecular formula is H7CaO4P. The van der Waals surface area contributed by atoms with Crippen LogP contribution in [0.2, 0.25) is 0 Å². The molecule has 0 bridgehead atoms. The van der Waals surface area contributed by atoms with Crippen molar-refractivity contribution in [2.75, 3.05) is 0 Å². The molecule has 0 aliphatic heterocycles. The second-order valence-electron chi connectivity index (χ2n) is 0.268. The second-order valence-corrected chi connectivity index (χ2v) is 0.805. The standard InChI is InChI=1S/Ca.H3O3P.H2O.2H/c;1-4(2)3;;;/h;1-3H;1H2;;/q+2;;;2*-1. The maximum atomic E-state index is 7.23. The SMILES string of the molecule is O.OP(O)O.[Ca+2].[H-].[H-]. The summed E-state index contributed by atoms with van der Waals surface area (Å²) >= 11 is 0. The Bertz CT molecular complexity index is 18.8. The minimum absolute atomic E-state index is 0. The van der Waals surface area contributed by atoms with Gasteiger partial charge in [-0.05, 0) is 0 Å². The van der Waals surface area contributed by atoms with E-state index < -0.39 is 8.60 Å². The van der Waals surface area contributed by atoms with Crippen molar-refractivity contribution >= 4 is 46.3 Å². The fourth-order valence-electron chi connectivity index (χ4n) is 0. The Kier molecular flexibility index (Phi) is 25.4. The van der Waals surface area contributed by atoms with Crippen molar-refractivity contribution in [2.45, 2.75) is 0 Å². The van der Waals surface area contributed by atoms with Gasteiger partial charge in [0, 0.05) is 0 Å². The molecule has 6 heavy (non-hydrogen) atoms. The molecule has 0 aromatic carbocycles. The van der Waals surface area contributed by atoms with Crippen molar-refractivity contribution in [1.82, 2.24) is 0 Å². The van der Waals surface area contributed by atoms with Crippen LogP contribution in [0.5, 0.6) is 0 Å². The first kappa shape index (κ1) is 15.6. The average Bonchev–Trinajstić information content (AvgIpc) is 0.811. The third-order valence-electron chi connectivity index (χ3n) is 0. The molecule has 0 aliphatic rings. The van der Waals surface area contributed by atoms with E-state index in [0.717, 1.165) is 0 Å². The zero-order valence-electron chi connectivity index (χ0n) is 5.00. The molecule has 0 fully saturated rings. The summed E-state index contributed by atoms with van der Waals surface area (Å²) in [5, 5.41) is 0. The molecule has 4 nitrogen and oxygen atoms in total. The van der Waals surface area contributed by atoms with Crippen LogP contribution in [-0.2, 0) is 0 Å². The number of hydrogen-bond acceptors (Lipinski definition) is 3. The van der Waals surface area contributed by atoms with Crippen LogP contribution in [0.1, 0.15) is 2.85 Å². The van der Waals surface area contributed by atoms with Gasteiger partial charge >= 0.3 is 46.3 Å². The molecule has 0 rings (SSSR count). The summed E-state index contributed by atoms with van der Waals surface area (Å²) in [5.41, 5.74) is 0. The minimum Gasteiger partial charge on any atom is -1.00 e. The predicted molar refractivity (Wildman–Crippen MR) is 25.2 cm³/mol. The Morgan fingerprint density at radius 1 is 1.17 bits per heavy atom. The van der Waals surface area contributed by atoms with Crippen LogP contribution in [-0.4, -0.2) is 57.9 Å². The molecule has 0 spiro atoms. The van der Waals surface area contributed by atoms with E-state index in [2.05, 4.69) is 0 Å². The molecule has 0 saturated heterocycles.